The number of anilines is 1. The van der Waals surface area contributed by atoms with Crippen LogP contribution in [-0.4, -0.2) is 16.1 Å². The lowest BCUT2D eigenvalue weighted by Crippen LogP contribution is -2.27. The van der Waals surface area contributed by atoms with E-state index >= 15 is 0 Å². The van der Waals surface area contributed by atoms with Crippen molar-refractivity contribution < 1.29 is 0 Å². The second-order valence-electron chi connectivity index (χ2n) is 3.00. The molecule has 2 heterocycles. The summed E-state index contributed by atoms with van der Waals surface area (Å²) in [6, 6.07) is 0. The maximum absolute atomic E-state index is 11.1. The van der Waals surface area contributed by atoms with Crippen LogP contribution in [0.5, 0.6) is 0 Å². The third kappa shape index (κ3) is 0.995. The molecule has 1 aromatic heterocycles. The van der Waals surface area contributed by atoms with Crippen LogP contribution in [-0.2, 0) is 13.5 Å². The summed E-state index contributed by atoms with van der Waals surface area (Å²) in [5, 5.41) is 3.19. The van der Waals surface area contributed by atoms with Crippen LogP contribution in [0.2, 0.25) is 0 Å². The molecule has 0 saturated carbocycles. The van der Waals surface area contributed by atoms with Gasteiger partial charge in [0.1, 0.15) is 5.82 Å². The Labute approximate surface area is 70.2 Å². The Morgan fingerprint density at radius 2 is 2.50 bits per heavy atom. The summed E-state index contributed by atoms with van der Waals surface area (Å²) in [4.78, 5) is 14.9. The SMILES string of the molecule is Cn1c2c(cnc1=O)CCCN2. The number of nitrogens with zero attached hydrogens (tertiary/aromatic N) is 2. The number of aromatic nitrogens is 2. The first-order chi connectivity index (χ1) is 5.79. The van der Waals surface area contributed by atoms with Crippen molar-refractivity contribution in [3.8, 4) is 0 Å². The molecule has 0 spiro atoms. The number of nitrogens with one attached hydrogen (secondary N) is 1. The second-order valence-corrected chi connectivity index (χ2v) is 3.00. The lowest BCUT2D eigenvalue weighted by atomic mass is 10.1. The normalized spacial score (nSPS) is 15.1. The monoisotopic (exact) mass is 165 g/mol. The van der Waals surface area contributed by atoms with Gasteiger partial charge in [-0.25, -0.2) is 9.78 Å². The number of hydrogen-bond donors (Lipinski definition) is 1. The van der Waals surface area contributed by atoms with Gasteiger partial charge in [0.2, 0.25) is 0 Å². The van der Waals surface area contributed by atoms with E-state index in [1.54, 1.807) is 17.8 Å². The van der Waals surface area contributed by atoms with E-state index in [0.29, 0.717) is 0 Å². The van der Waals surface area contributed by atoms with Gasteiger partial charge in [0.25, 0.3) is 0 Å². The zero-order chi connectivity index (χ0) is 8.55. The van der Waals surface area contributed by atoms with Crippen LogP contribution in [0.4, 0.5) is 5.82 Å². The van der Waals surface area contributed by atoms with Crippen LogP contribution < -0.4 is 11.0 Å². The molecule has 4 nitrogen and oxygen atoms in total. The number of fused-ring (bicyclic) bond motifs is 1. The van der Waals surface area contributed by atoms with E-state index in [1.165, 1.54) is 0 Å². The third-order valence-corrected chi connectivity index (χ3v) is 2.17. The van der Waals surface area contributed by atoms with E-state index in [0.717, 1.165) is 30.8 Å². The van der Waals surface area contributed by atoms with Crippen molar-refractivity contribution >= 4 is 5.82 Å². The molecule has 0 fully saturated rings. The van der Waals surface area contributed by atoms with Crippen LogP contribution in [0.3, 0.4) is 0 Å². The highest BCUT2D eigenvalue weighted by Crippen LogP contribution is 2.17. The van der Waals surface area contributed by atoms with Gasteiger partial charge in [-0.15, -0.1) is 0 Å². The van der Waals surface area contributed by atoms with Crippen LogP contribution in [0.25, 0.3) is 0 Å². The molecule has 1 aliphatic rings. The molecule has 2 rings (SSSR count). The second kappa shape index (κ2) is 2.62. The summed E-state index contributed by atoms with van der Waals surface area (Å²) in [5.41, 5.74) is 0.950. The number of rotatable bonds is 0. The van der Waals surface area contributed by atoms with Crippen LogP contribution in [0.1, 0.15) is 12.0 Å². The first-order valence-electron chi connectivity index (χ1n) is 4.08. The van der Waals surface area contributed by atoms with Gasteiger partial charge in [0.05, 0.1) is 0 Å². The Balaban J connectivity index is 2.61. The fourth-order valence-electron chi connectivity index (χ4n) is 1.49. The third-order valence-electron chi connectivity index (χ3n) is 2.17. The molecule has 0 amide bonds. The van der Waals surface area contributed by atoms with E-state index < -0.39 is 0 Å². The Morgan fingerprint density at radius 3 is 3.33 bits per heavy atom. The first-order valence-corrected chi connectivity index (χ1v) is 4.08. The van der Waals surface area contributed by atoms with Gasteiger partial charge in [-0.3, -0.25) is 4.57 Å². The number of hydrogen-bond acceptors (Lipinski definition) is 3. The fourth-order valence-corrected chi connectivity index (χ4v) is 1.49. The van der Waals surface area contributed by atoms with E-state index in [1.807, 2.05) is 0 Å². The zero-order valence-electron chi connectivity index (χ0n) is 7.00. The highest BCUT2D eigenvalue weighted by Gasteiger charge is 2.11. The van der Waals surface area contributed by atoms with Crippen LogP contribution >= 0.6 is 0 Å². The molecule has 0 saturated heterocycles. The van der Waals surface area contributed by atoms with Gasteiger partial charge >= 0.3 is 5.69 Å². The molecular weight excluding hydrogens is 154 g/mol. The highest BCUT2D eigenvalue weighted by molar-refractivity contribution is 5.45. The minimum Gasteiger partial charge on any atom is -0.371 e. The molecule has 0 atom stereocenters. The highest BCUT2D eigenvalue weighted by atomic mass is 16.1. The molecule has 4 heteroatoms. The summed E-state index contributed by atoms with van der Waals surface area (Å²) in [6.45, 7) is 0.949. The van der Waals surface area contributed by atoms with Crippen molar-refractivity contribution in [1.29, 1.82) is 0 Å². The minimum atomic E-state index is -0.192. The average Bonchev–Trinajstić information content (AvgIpc) is 2.12. The Morgan fingerprint density at radius 1 is 1.67 bits per heavy atom. The molecule has 0 unspecified atom stereocenters. The van der Waals surface area contributed by atoms with Crippen molar-refractivity contribution in [1.82, 2.24) is 9.55 Å². The van der Waals surface area contributed by atoms with Crippen molar-refractivity contribution in [2.45, 2.75) is 12.8 Å². The fraction of sp³-hybridized carbons (Fsp3) is 0.500. The van der Waals surface area contributed by atoms with Crippen molar-refractivity contribution in [3.05, 3.63) is 22.2 Å². The van der Waals surface area contributed by atoms with Crippen molar-refractivity contribution in [3.63, 3.8) is 0 Å². The van der Waals surface area contributed by atoms with Crippen LogP contribution in [0.15, 0.2) is 11.0 Å². The predicted molar refractivity (Wildman–Crippen MR) is 46.3 cm³/mol. The molecule has 1 aliphatic heterocycles. The maximum atomic E-state index is 11.1. The van der Waals surface area contributed by atoms with E-state index in [9.17, 15) is 4.79 Å². The summed E-state index contributed by atoms with van der Waals surface area (Å²) in [7, 11) is 1.74. The summed E-state index contributed by atoms with van der Waals surface area (Å²) < 4.78 is 1.56. The minimum absolute atomic E-state index is 0.192. The van der Waals surface area contributed by atoms with Gasteiger partial charge in [-0.2, -0.15) is 0 Å². The largest absolute Gasteiger partial charge is 0.371 e. The zero-order valence-corrected chi connectivity index (χ0v) is 7.00. The molecule has 12 heavy (non-hydrogen) atoms. The molecule has 0 aromatic carbocycles. The Kier molecular flexibility index (Phi) is 1.60. The van der Waals surface area contributed by atoms with Crippen LogP contribution in [0, 0.1) is 0 Å². The van der Waals surface area contributed by atoms with Gasteiger partial charge < -0.3 is 5.32 Å². The van der Waals surface area contributed by atoms with Crippen molar-refractivity contribution in [2.75, 3.05) is 11.9 Å². The maximum Gasteiger partial charge on any atom is 0.348 e. The van der Waals surface area contributed by atoms with E-state index in [4.69, 9.17) is 0 Å². The van der Waals surface area contributed by atoms with Gasteiger partial charge in [-0.1, -0.05) is 0 Å². The topological polar surface area (TPSA) is 46.9 Å². The predicted octanol–water partition coefficient (Wildman–Crippen LogP) is 0.138. The first kappa shape index (κ1) is 7.34. The van der Waals surface area contributed by atoms with Gasteiger partial charge in [0, 0.05) is 25.4 Å². The summed E-state index contributed by atoms with van der Waals surface area (Å²) in [6.07, 6.45) is 3.81. The molecular formula is C8H11N3O. The lowest BCUT2D eigenvalue weighted by molar-refractivity contribution is 0.735. The molecule has 0 bridgehead atoms. The number of aryl methyl sites for hydroxylation is 1. The average molecular weight is 165 g/mol. The quantitative estimate of drug-likeness (QED) is 0.594. The van der Waals surface area contributed by atoms with Gasteiger partial charge in [0.15, 0.2) is 0 Å². The molecule has 0 aliphatic carbocycles. The summed E-state index contributed by atoms with van der Waals surface area (Å²) >= 11 is 0. The van der Waals surface area contributed by atoms with E-state index in [2.05, 4.69) is 10.3 Å². The molecule has 1 aromatic rings. The Hall–Kier alpha value is -1.32. The smallest absolute Gasteiger partial charge is 0.348 e. The Bertz CT molecular complexity index is 356. The molecule has 0 radical (unpaired) electrons. The van der Waals surface area contributed by atoms with Crippen molar-refractivity contribution in [2.24, 2.45) is 7.05 Å². The molecule has 1 N–H and O–H groups in total. The molecule has 64 valence electrons. The lowest BCUT2D eigenvalue weighted by Gasteiger charge is -2.19. The summed E-state index contributed by atoms with van der Waals surface area (Å²) in [5.74, 6) is 0.932. The standard InChI is InChI=1S/C8H11N3O/c1-11-7-6(3-2-4-9-7)5-10-8(11)12/h5,9H,2-4H2,1H3. The van der Waals surface area contributed by atoms with E-state index in [-0.39, 0.29) is 5.69 Å². The van der Waals surface area contributed by atoms with Gasteiger partial charge in [-0.05, 0) is 12.8 Å².